The summed E-state index contributed by atoms with van der Waals surface area (Å²) in [6.45, 7) is 5.82. The summed E-state index contributed by atoms with van der Waals surface area (Å²) in [7, 11) is 4.36. The lowest BCUT2D eigenvalue weighted by molar-refractivity contribution is 0.229. The molecule has 0 aromatic carbocycles. The summed E-state index contributed by atoms with van der Waals surface area (Å²) in [5.74, 6) is 0.874. The van der Waals surface area contributed by atoms with E-state index in [-0.39, 0.29) is 0 Å². The highest BCUT2D eigenvalue weighted by atomic mass is 15.1. The topological polar surface area (TPSA) is 15.3 Å². The van der Waals surface area contributed by atoms with Crippen LogP contribution >= 0.6 is 0 Å². The molecule has 2 heteroatoms. The minimum absolute atomic E-state index is 0.694. The SMILES string of the molecule is CCC(CNC1CCCCC1C)N(C)C. The van der Waals surface area contributed by atoms with Crippen LogP contribution in [-0.4, -0.2) is 37.6 Å². The van der Waals surface area contributed by atoms with E-state index in [0.717, 1.165) is 18.5 Å². The molecule has 15 heavy (non-hydrogen) atoms. The number of nitrogens with one attached hydrogen (secondary N) is 1. The Morgan fingerprint density at radius 2 is 1.93 bits per heavy atom. The van der Waals surface area contributed by atoms with Crippen LogP contribution in [0, 0.1) is 5.92 Å². The second-order valence-electron chi connectivity index (χ2n) is 5.30. The molecule has 0 aromatic heterocycles. The van der Waals surface area contributed by atoms with Crippen molar-refractivity contribution in [2.24, 2.45) is 5.92 Å². The van der Waals surface area contributed by atoms with E-state index in [1.165, 1.54) is 32.1 Å². The van der Waals surface area contributed by atoms with Gasteiger partial charge in [-0.1, -0.05) is 26.7 Å². The molecular weight excluding hydrogens is 184 g/mol. The molecule has 0 spiro atoms. The summed E-state index contributed by atoms with van der Waals surface area (Å²) in [6, 6.07) is 1.46. The largest absolute Gasteiger partial charge is 0.312 e. The van der Waals surface area contributed by atoms with Crippen LogP contribution in [0.25, 0.3) is 0 Å². The highest BCUT2D eigenvalue weighted by Crippen LogP contribution is 2.23. The van der Waals surface area contributed by atoms with Crippen LogP contribution in [0.2, 0.25) is 0 Å². The lowest BCUT2D eigenvalue weighted by atomic mass is 9.86. The Bertz CT molecular complexity index is 168. The summed E-state index contributed by atoms with van der Waals surface area (Å²) >= 11 is 0. The fourth-order valence-electron chi connectivity index (χ4n) is 2.60. The molecule has 0 saturated heterocycles. The van der Waals surface area contributed by atoms with Crippen LogP contribution in [-0.2, 0) is 0 Å². The van der Waals surface area contributed by atoms with Gasteiger partial charge in [0.1, 0.15) is 0 Å². The fourth-order valence-corrected chi connectivity index (χ4v) is 2.60. The third kappa shape index (κ3) is 4.12. The average molecular weight is 212 g/mol. The van der Waals surface area contributed by atoms with Crippen LogP contribution in [0.15, 0.2) is 0 Å². The van der Waals surface area contributed by atoms with Gasteiger partial charge in [0.15, 0.2) is 0 Å². The molecule has 1 saturated carbocycles. The van der Waals surface area contributed by atoms with Crippen LogP contribution in [0.5, 0.6) is 0 Å². The van der Waals surface area contributed by atoms with Gasteiger partial charge in [0.05, 0.1) is 0 Å². The van der Waals surface area contributed by atoms with Gasteiger partial charge in [-0.15, -0.1) is 0 Å². The van der Waals surface area contributed by atoms with Crippen molar-refractivity contribution in [1.29, 1.82) is 0 Å². The lowest BCUT2D eigenvalue weighted by Gasteiger charge is -2.32. The molecule has 1 rings (SSSR count). The summed E-state index contributed by atoms with van der Waals surface area (Å²) in [5.41, 5.74) is 0. The Morgan fingerprint density at radius 3 is 2.47 bits per heavy atom. The maximum Gasteiger partial charge on any atom is 0.0212 e. The zero-order valence-electron chi connectivity index (χ0n) is 10.9. The Kier molecular flexibility index (Phi) is 5.62. The third-order valence-electron chi connectivity index (χ3n) is 3.93. The predicted molar refractivity (Wildman–Crippen MR) is 67.2 cm³/mol. The van der Waals surface area contributed by atoms with E-state index in [0.29, 0.717) is 6.04 Å². The van der Waals surface area contributed by atoms with Crippen LogP contribution in [0.1, 0.15) is 46.0 Å². The van der Waals surface area contributed by atoms with E-state index in [1.807, 2.05) is 0 Å². The van der Waals surface area contributed by atoms with Crippen molar-refractivity contribution < 1.29 is 0 Å². The summed E-state index contributed by atoms with van der Waals surface area (Å²) in [5, 5.41) is 3.76. The van der Waals surface area contributed by atoms with E-state index in [1.54, 1.807) is 0 Å². The van der Waals surface area contributed by atoms with Gasteiger partial charge < -0.3 is 10.2 Å². The second kappa shape index (κ2) is 6.49. The first-order valence-electron chi connectivity index (χ1n) is 6.55. The Balaban J connectivity index is 2.27. The molecule has 0 heterocycles. The maximum atomic E-state index is 3.76. The molecule has 90 valence electrons. The van der Waals surface area contributed by atoms with Crippen molar-refractivity contribution in [2.45, 2.75) is 58.0 Å². The van der Waals surface area contributed by atoms with Gasteiger partial charge in [0.2, 0.25) is 0 Å². The van der Waals surface area contributed by atoms with E-state index in [4.69, 9.17) is 0 Å². The molecule has 1 fully saturated rings. The standard InChI is InChI=1S/C13H28N2/c1-5-12(15(3)4)10-14-13-9-7-6-8-11(13)2/h11-14H,5-10H2,1-4H3. The van der Waals surface area contributed by atoms with Crippen LogP contribution in [0.4, 0.5) is 0 Å². The second-order valence-corrected chi connectivity index (χ2v) is 5.30. The van der Waals surface area contributed by atoms with Gasteiger partial charge in [-0.3, -0.25) is 0 Å². The number of nitrogens with zero attached hydrogens (tertiary/aromatic N) is 1. The molecule has 3 atom stereocenters. The van der Waals surface area contributed by atoms with Gasteiger partial charge >= 0.3 is 0 Å². The highest BCUT2D eigenvalue weighted by molar-refractivity contribution is 4.80. The number of hydrogen-bond acceptors (Lipinski definition) is 2. The molecule has 3 unspecified atom stereocenters. The molecule has 0 amide bonds. The first-order valence-corrected chi connectivity index (χ1v) is 6.55. The predicted octanol–water partition coefficient (Wildman–Crippen LogP) is 2.49. The molecule has 0 aliphatic heterocycles. The smallest absolute Gasteiger partial charge is 0.0212 e. The highest BCUT2D eigenvalue weighted by Gasteiger charge is 2.21. The minimum atomic E-state index is 0.694. The van der Waals surface area contributed by atoms with Crippen molar-refractivity contribution in [3.05, 3.63) is 0 Å². The number of hydrogen-bond donors (Lipinski definition) is 1. The lowest BCUT2D eigenvalue weighted by Crippen LogP contribution is -2.44. The average Bonchev–Trinajstić information content (AvgIpc) is 2.21. The quantitative estimate of drug-likeness (QED) is 0.753. The molecule has 1 N–H and O–H groups in total. The Labute approximate surface area is 95.4 Å². The van der Waals surface area contributed by atoms with Crippen molar-refractivity contribution in [3.63, 3.8) is 0 Å². The van der Waals surface area contributed by atoms with E-state index >= 15 is 0 Å². The van der Waals surface area contributed by atoms with Crippen LogP contribution in [0.3, 0.4) is 0 Å². The monoisotopic (exact) mass is 212 g/mol. The van der Waals surface area contributed by atoms with Gasteiger partial charge in [-0.05, 0) is 39.3 Å². The Hall–Kier alpha value is -0.0800. The van der Waals surface area contributed by atoms with Crippen LogP contribution < -0.4 is 5.32 Å². The minimum Gasteiger partial charge on any atom is -0.312 e. The Morgan fingerprint density at radius 1 is 1.27 bits per heavy atom. The molecule has 0 bridgehead atoms. The van der Waals surface area contributed by atoms with Crippen molar-refractivity contribution in [2.75, 3.05) is 20.6 Å². The molecule has 0 radical (unpaired) electrons. The normalized spacial score (nSPS) is 29.4. The van der Waals surface area contributed by atoms with Gasteiger partial charge in [0.25, 0.3) is 0 Å². The first kappa shape index (κ1) is 13.0. The van der Waals surface area contributed by atoms with Crippen molar-refractivity contribution >= 4 is 0 Å². The number of likely N-dealkylation sites (N-methyl/N-ethyl adjacent to an activating group) is 1. The summed E-state index contributed by atoms with van der Waals surface area (Å²) < 4.78 is 0. The number of rotatable bonds is 5. The third-order valence-corrected chi connectivity index (χ3v) is 3.93. The molecule has 0 aromatic rings. The molecular formula is C13H28N2. The maximum absolute atomic E-state index is 3.76. The fraction of sp³-hybridized carbons (Fsp3) is 1.00. The van der Waals surface area contributed by atoms with Crippen molar-refractivity contribution in [3.8, 4) is 0 Å². The zero-order valence-corrected chi connectivity index (χ0v) is 10.9. The van der Waals surface area contributed by atoms with Gasteiger partial charge in [-0.25, -0.2) is 0 Å². The summed E-state index contributed by atoms with van der Waals surface area (Å²) in [6.07, 6.45) is 6.88. The summed E-state index contributed by atoms with van der Waals surface area (Å²) in [4.78, 5) is 2.33. The van der Waals surface area contributed by atoms with Gasteiger partial charge in [-0.2, -0.15) is 0 Å². The van der Waals surface area contributed by atoms with E-state index in [9.17, 15) is 0 Å². The van der Waals surface area contributed by atoms with Gasteiger partial charge in [0, 0.05) is 18.6 Å². The zero-order chi connectivity index (χ0) is 11.3. The van der Waals surface area contributed by atoms with E-state index in [2.05, 4.69) is 38.2 Å². The molecule has 1 aliphatic rings. The van der Waals surface area contributed by atoms with Crippen molar-refractivity contribution in [1.82, 2.24) is 10.2 Å². The molecule has 2 nitrogen and oxygen atoms in total. The molecule has 1 aliphatic carbocycles. The first-order chi connectivity index (χ1) is 7.15. The van der Waals surface area contributed by atoms with E-state index < -0.39 is 0 Å².